The Bertz CT molecular complexity index is 202. The third kappa shape index (κ3) is 3.74. The maximum Gasteiger partial charge on any atom is 0.235 e. The maximum absolute atomic E-state index is 11.6. The lowest BCUT2D eigenvalue weighted by atomic mass is 10.2. The first-order valence-corrected chi connectivity index (χ1v) is 4.81. The third-order valence-electron chi connectivity index (χ3n) is 2.19. The number of hydrogen-bond donors (Lipinski definition) is 2. The molecule has 82 valence electrons. The Balaban J connectivity index is 4.20. The van der Waals surface area contributed by atoms with Crippen LogP contribution in [0.15, 0.2) is 0 Å². The van der Waals surface area contributed by atoms with E-state index in [0.29, 0.717) is 13.1 Å². The van der Waals surface area contributed by atoms with Crippen molar-refractivity contribution in [2.75, 3.05) is 20.1 Å². The standard InChI is InChI=1S/C9H19N3O2/c1-4-12(5-2)8(13)6-7(11-3)9(10)14/h7,11H,4-6H2,1-3H3,(H2,10,14). The molecule has 0 fully saturated rings. The molecule has 0 radical (unpaired) electrons. The van der Waals surface area contributed by atoms with Crippen LogP contribution < -0.4 is 11.1 Å². The number of carbonyl (C=O) groups is 2. The number of nitrogens with zero attached hydrogens (tertiary/aromatic N) is 1. The van der Waals surface area contributed by atoms with E-state index in [4.69, 9.17) is 5.73 Å². The molecule has 5 nitrogen and oxygen atoms in total. The molecule has 1 unspecified atom stereocenters. The predicted octanol–water partition coefficient (Wildman–Crippen LogP) is -0.682. The van der Waals surface area contributed by atoms with Crippen molar-refractivity contribution in [3.8, 4) is 0 Å². The topological polar surface area (TPSA) is 75.4 Å². The van der Waals surface area contributed by atoms with Crippen molar-refractivity contribution in [3.05, 3.63) is 0 Å². The van der Waals surface area contributed by atoms with Gasteiger partial charge in [0.1, 0.15) is 0 Å². The fourth-order valence-corrected chi connectivity index (χ4v) is 1.22. The second-order valence-electron chi connectivity index (χ2n) is 3.01. The van der Waals surface area contributed by atoms with Gasteiger partial charge in [-0.05, 0) is 20.9 Å². The summed E-state index contributed by atoms with van der Waals surface area (Å²) < 4.78 is 0. The highest BCUT2D eigenvalue weighted by atomic mass is 16.2. The number of amides is 2. The van der Waals surface area contributed by atoms with Crippen LogP contribution in [0.4, 0.5) is 0 Å². The van der Waals surface area contributed by atoms with Gasteiger partial charge in [0.15, 0.2) is 0 Å². The quantitative estimate of drug-likeness (QED) is 0.597. The van der Waals surface area contributed by atoms with Crippen LogP contribution in [0.3, 0.4) is 0 Å². The molecule has 0 aromatic carbocycles. The fourth-order valence-electron chi connectivity index (χ4n) is 1.22. The van der Waals surface area contributed by atoms with Gasteiger partial charge in [-0.15, -0.1) is 0 Å². The summed E-state index contributed by atoms with van der Waals surface area (Å²) in [6.45, 7) is 5.12. The summed E-state index contributed by atoms with van der Waals surface area (Å²) in [7, 11) is 1.62. The Hall–Kier alpha value is -1.10. The van der Waals surface area contributed by atoms with Crippen LogP contribution >= 0.6 is 0 Å². The van der Waals surface area contributed by atoms with Crippen LogP contribution in [0, 0.1) is 0 Å². The van der Waals surface area contributed by atoms with Crippen LogP contribution in [-0.2, 0) is 9.59 Å². The summed E-state index contributed by atoms with van der Waals surface area (Å²) in [4.78, 5) is 24.1. The summed E-state index contributed by atoms with van der Waals surface area (Å²) in [5, 5.41) is 2.71. The molecule has 0 spiro atoms. The lowest BCUT2D eigenvalue weighted by Gasteiger charge is -2.21. The van der Waals surface area contributed by atoms with Gasteiger partial charge in [0, 0.05) is 13.1 Å². The summed E-state index contributed by atoms with van der Waals surface area (Å²) in [5.74, 6) is -0.541. The van der Waals surface area contributed by atoms with E-state index in [-0.39, 0.29) is 12.3 Å². The average molecular weight is 201 g/mol. The summed E-state index contributed by atoms with van der Waals surface area (Å²) in [5.41, 5.74) is 5.11. The van der Waals surface area contributed by atoms with Crippen molar-refractivity contribution in [1.29, 1.82) is 0 Å². The second-order valence-corrected chi connectivity index (χ2v) is 3.01. The Morgan fingerprint density at radius 3 is 2.14 bits per heavy atom. The van der Waals surface area contributed by atoms with E-state index < -0.39 is 11.9 Å². The molecule has 14 heavy (non-hydrogen) atoms. The zero-order valence-corrected chi connectivity index (χ0v) is 9.04. The molecule has 0 aromatic heterocycles. The van der Waals surface area contributed by atoms with E-state index in [0.717, 1.165) is 0 Å². The van der Waals surface area contributed by atoms with Crippen molar-refractivity contribution in [2.24, 2.45) is 5.73 Å². The molecule has 0 rings (SSSR count). The maximum atomic E-state index is 11.6. The van der Waals surface area contributed by atoms with Crippen LogP contribution in [-0.4, -0.2) is 42.9 Å². The molecular weight excluding hydrogens is 182 g/mol. The molecule has 5 heteroatoms. The SMILES string of the molecule is CCN(CC)C(=O)CC(NC)C(N)=O. The Kier molecular flexibility index (Phi) is 5.87. The van der Waals surface area contributed by atoms with Crippen molar-refractivity contribution in [3.63, 3.8) is 0 Å². The van der Waals surface area contributed by atoms with E-state index in [9.17, 15) is 9.59 Å². The largest absolute Gasteiger partial charge is 0.368 e. The van der Waals surface area contributed by atoms with Crippen LogP contribution in [0.1, 0.15) is 20.3 Å². The molecule has 3 N–H and O–H groups in total. The normalized spacial score (nSPS) is 12.2. The zero-order valence-electron chi connectivity index (χ0n) is 9.04. The molecule has 0 aliphatic rings. The van der Waals surface area contributed by atoms with E-state index >= 15 is 0 Å². The second kappa shape index (κ2) is 6.37. The minimum Gasteiger partial charge on any atom is -0.368 e. The smallest absolute Gasteiger partial charge is 0.235 e. The van der Waals surface area contributed by atoms with Crippen molar-refractivity contribution in [2.45, 2.75) is 26.3 Å². The van der Waals surface area contributed by atoms with Gasteiger partial charge in [0.05, 0.1) is 12.5 Å². The van der Waals surface area contributed by atoms with E-state index in [1.54, 1.807) is 11.9 Å². The lowest BCUT2D eigenvalue weighted by molar-refractivity contribution is -0.133. The van der Waals surface area contributed by atoms with E-state index in [1.807, 2.05) is 13.8 Å². The van der Waals surface area contributed by atoms with Gasteiger partial charge in [-0.3, -0.25) is 9.59 Å². The highest BCUT2D eigenvalue weighted by molar-refractivity contribution is 5.87. The number of likely N-dealkylation sites (N-methyl/N-ethyl adjacent to an activating group) is 1. The van der Waals surface area contributed by atoms with Crippen LogP contribution in [0.2, 0.25) is 0 Å². The Labute approximate surface area is 84.6 Å². The van der Waals surface area contributed by atoms with Gasteiger partial charge in [-0.1, -0.05) is 0 Å². The van der Waals surface area contributed by atoms with E-state index in [1.165, 1.54) is 0 Å². The Morgan fingerprint density at radius 1 is 1.36 bits per heavy atom. The number of nitrogens with one attached hydrogen (secondary N) is 1. The first-order chi connectivity index (χ1) is 6.56. The molecular formula is C9H19N3O2. The molecule has 0 aliphatic heterocycles. The predicted molar refractivity (Wildman–Crippen MR) is 54.6 cm³/mol. The van der Waals surface area contributed by atoms with Gasteiger partial charge in [0.25, 0.3) is 0 Å². The van der Waals surface area contributed by atoms with Crippen molar-refractivity contribution < 1.29 is 9.59 Å². The van der Waals surface area contributed by atoms with Crippen molar-refractivity contribution >= 4 is 11.8 Å². The molecule has 0 saturated heterocycles. The molecule has 0 aromatic rings. The minimum atomic E-state index is -0.567. The fraction of sp³-hybridized carbons (Fsp3) is 0.778. The van der Waals surface area contributed by atoms with Gasteiger partial charge in [-0.25, -0.2) is 0 Å². The van der Waals surface area contributed by atoms with Gasteiger partial charge in [0.2, 0.25) is 11.8 Å². The third-order valence-corrected chi connectivity index (χ3v) is 2.19. The summed E-state index contributed by atoms with van der Waals surface area (Å²) >= 11 is 0. The first-order valence-electron chi connectivity index (χ1n) is 4.81. The molecule has 0 bridgehead atoms. The number of nitrogens with two attached hydrogens (primary N) is 1. The van der Waals surface area contributed by atoms with Crippen LogP contribution in [0.25, 0.3) is 0 Å². The summed E-state index contributed by atoms with van der Waals surface area (Å²) in [6, 6.07) is -0.567. The number of hydrogen-bond acceptors (Lipinski definition) is 3. The molecule has 0 saturated carbocycles. The molecule has 1 atom stereocenters. The lowest BCUT2D eigenvalue weighted by Crippen LogP contribution is -2.44. The number of rotatable bonds is 6. The molecule has 2 amide bonds. The summed E-state index contributed by atoms with van der Waals surface area (Å²) in [6.07, 6.45) is 0.132. The zero-order chi connectivity index (χ0) is 11.1. The van der Waals surface area contributed by atoms with Crippen molar-refractivity contribution in [1.82, 2.24) is 10.2 Å². The number of carbonyl (C=O) groups excluding carboxylic acids is 2. The van der Waals surface area contributed by atoms with Gasteiger partial charge in [-0.2, -0.15) is 0 Å². The number of primary amides is 1. The van der Waals surface area contributed by atoms with E-state index in [2.05, 4.69) is 5.32 Å². The molecule has 0 aliphatic carbocycles. The highest BCUT2D eigenvalue weighted by Crippen LogP contribution is 1.98. The monoisotopic (exact) mass is 201 g/mol. The Morgan fingerprint density at radius 2 is 1.86 bits per heavy atom. The van der Waals surface area contributed by atoms with Gasteiger partial charge >= 0.3 is 0 Å². The first kappa shape index (κ1) is 12.9. The van der Waals surface area contributed by atoms with Crippen LogP contribution in [0.5, 0.6) is 0 Å². The highest BCUT2D eigenvalue weighted by Gasteiger charge is 2.19. The van der Waals surface area contributed by atoms with Gasteiger partial charge < -0.3 is 16.0 Å². The molecule has 0 heterocycles. The average Bonchev–Trinajstić information content (AvgIpc) is 2.15. The minimum absolute atomic E-state index is 0.0480.